The van der Waals surface area contributed by atoms with Gasteiger partial charge in [0.15, 0.2) is 5.96 Å². The van der Waals surface area contributed by atoms with Crippen LogP contribution < -0.4 is 16.4 Å². The first-order chi connectivity index (χ1) is 14.0. The van der Waals surface area contributed by atoms with Crippen molar-refractivity contribution >= 4 is 23.2 Å². The molecule has 0 aliphatic rings. The molecule has 0 aliphatic carbocycles. The Morgan fingerprint density at radius 1 is 1.10 bits per heavy atom. The molecule has 7 heteroatoms. The third-order valence-corrected chi connectivity index (χ3v) is 4.33. The minimum Gasteiger partial charge on any atom is -0.370 e. The summed E-state index contributed by atoms with van der Waals surface area (Å²) in [5.41, 5.74) is 9.85. The standard InChI is InChI=1S/C22H26N6O/c1-16(2)18-7-4-9-20(13-18)27-22(23)24-14-17-6-3-8-19(12-17)26-21(29)15-28-11-5-10-25-28/h3-13,16H,14-15H2,1-2H3,(H,26,29)(H3,23,24,27). The fraction of sp³-hybridized carbons (Fsp3) is 0.227. The van der Waals surface area contributed by atoms with E-state index in [9.17, 15) is 4.79 Å². The van der Waals surface area contributed by atoms with Gasteiger partial charge < -0.3 is 16.4 Å². The van der Waals surface area contributed by atoms with Crippen LogP contribution in [0.15, 0.2) is 72.0 Å². The van der Waals surface area contributed by atoms with Crippen LogP contribution >= 0.6 is 0 Å². The summed E-state index contributed by atoms with van der Waals surface area (Å²) < 4.78 is 1.57. The minimum atomic E-state index is -0.138. The predicted molar refractivity (Wildman–Crippen MR) is 117 cm³/mol. The number of nitrogens with zero attached hydrogens (tertiary/aromatic N) is 3. The van der Waals surface area contributed by atoms with E-state index < -0.39 is 0 Å². The molecule has 0 bridgehead atoms. The van der Waals surface area contributed by atoms with Crippen LogP contribution in [-0.4, -0.2) is 21.6 Å². The van der Waals surface area contributed by atoms with Crippen molar-refractivity contribution in [2.24, 2.45) is 10.7 Å². The van der Waals surface area contributed by atoms with Gasteiger partial charge in [0.05, 0.1) is 6.54 Å². The van der Waals surface area contributed by atoms with E-state index in [1.54, 1.807) is 23.1 Å². The molecule has 0 unspecified atom stereocenters. The summed E-state index contributed by atoms with van der Waals surface area (Å²) in [6, 6.07) is 17.5. The highest BCUT2D eigenvalue weighted by Gasteiger charge is 2.05. The van der Waals surface area contributed by atoms with Gasteiger partial charge in [-0.2, -0.15) is 5.10 Å². The number of carbonyl (C=O) groups excluding carboxylic acids is 1. The summed E-state index contributed by atoms with van der Waals surface area (Å²) in [5.74, 6) is 0.653. The number of aliphatic imine (C=N–C) groups is 1. The van der Waals surface area contributed by atoms with Crippen molar-refractivity contribution < 1.29 is 4.79 Å². The van der Waals surface area contributed by atoms with Gasteiger partial charge >= 0.3 is 0 Å². The molecule has 150 valence electrons. The molecule has 0 fully saturated rings. The van der Waals surface area contributed by atoms with Crippen molar-refractivity contribution in [2.45, 2.75) is 32.9 Å². The van der Waals surface area contributed by atoms with Gasteiger partial charge in [-0.3, -0.25) is 9.48 Å². The zero-order valence-electron chi connectivity index (χ0n) is 16.7. The molecule has 4 N–H and O–H groups in total. The number of anilines is 2. The normalized spacial score (nSPS) is 11.5. The lowest BCUT2D eigenvalue weighted by atomic mass is 10.0. The predicted octanol–water partition coefficient (Wildman–Crippen LogP) is 3.57. The van der Waals surface area contributed by atoms with Crippen LogP contribution in [0, 0.1) is 0 Å². The Bertz CT molecular complexity index is 978. The van der Waals surface area contributed by atoms with Crippen LogP contribution in [-0.2, 0) is 17.9 Å². The molecule has 3 rings (SSSR count). The van der Waals surface area contributed by atoms with Crippen LogP contribution in [0.5, 0.6) is 0 Å². The number of rotatable bonds is 7. The van der Waals surface area contributed by atoms with Crippen molar-refractivity contribution in [3.63, 3.8) is 0 Å². The highest BCUT2D eigenvalue weighted by Crippen LogP contribution is 2.18. The van der Waals surface area contributed by atoms with E-state index in [0.717, 1.165) is 11.3 Å². The molecule has 1 heterocycles. The molecule has 0 aliphatic heterocycles. The average molecular weight is 390 g/mol. The summed E-state index contributed by atoms with van der Waals surface area (Å²) in [5, 5.41) is 10.0. The number of hydrogen-bond donors (Lipinski definition) is 3. The maximum atomic E-state index is 12.1. The summed E-state index contributed by atoms with van der Waals surface area (Å²) in [6.07, 6.45) is 3.39. The summed E-state index contributed by atoms with van der Waals surface area (Å²) in [4.78, 5) is 16.5. The fourth-order valence-electron chi connectivity index (χ4n) is 2.83. The summed E-state index contributed by atoms with van der Waals surface area (Å²) in [6.45, 7) is 4.88. The first-order valence-electron chi connectivity index (χ1n) is 9.53. The molecule has 0 spiro atoms. The Hall–Kier alpha value is -3.61. The van der Waals surface area contributed by atoms with E-state index in [2.05, 4.69) is 46.7 Å². The van der Waals surface area contributed by atoms with E-state index in [1.807, 2.05) is 36.4 Å². The lowest BCUT2D eigenvalue weighted by Gasteiger charge is -2.10. The highest BCUT2D eigenvalue weighted by atomic mass is 16.2. The molecule has 7 nitrogen and oxygen atoms in total. The second-order valence-electron chi connectivity index (χ2n) is 7.06. The molecule has 0 atom stereocenters. The number of amides is 1. The van der Waals surface area contributed by atoms with Crippen molar-refractivity contribution in [2.75, 3.05) is 10.6 Å². The Labute approximate surface area is 170 Å². The molecular formula is C22H26N6O. The van der Waals surface area contributed by atoms with Gasteiger partial charge in [-0.15, -0.1) is 0 Å². The van der Waals surface area contributed by atoms with Crippen LogP contribution in [0.4, 0.5) is 11.4 Å². The fourth-order valence-corrected chi connectivity index (χ4v) is 2.83. The number of aromatic nitrogens is 2. The minimum absolute atomic E-state index is 0.138. The first-order valence-corrected chi connectivity index (χ1v) is 9.53. The molecule has 2 aromatic carbocycles. The topological polar surface area (TPSA) is 97.3 Å². The van der Waals surface area contributed by atoms with Gasteiger partial charge in [-0.25, -0.2) is 4.99 Å². The van der Waals surface area contributed by atoms with E-state index in [4.69, 9.17) is 5.73 Å². The number of carbonyl (C=O) groups is 1. The first kappa shape index (κ1) is 20.1. The number of hydrogen-bond acceptors (Lipinski definition) is 3. The SMILES string of the molecule is CC(C)c1cccc(NC(N)=NCc2cccc(NC(=O)Cn3cccn3)c2)c1. The van der Waals surface area contributed by atoms with E-state index in [-0.39, 0.29) is 12.5 Å². The lowest BCUT2D eigenvalue weighted by molar-refractivity contribution is -0.116. The molecule has 3 aromatic rings. The van der Waals surface area contributed by atoms with Crippen molar-refractivity contribution in [3.05, 3.63) is 78.1 Å². The number of guanidine groups is 1. The van der Waals surface area contributed by atoms with E-state index in [0.29, 0.717) is 24.1 Å². The average Bonchev–Trinajstić information content (AvgIpc) is 3.19. The summed E-state index contributed by atoms with van der Waals surface area (Å²) >= 11 is 0. The Kier molecular flexibility index (Phi) is 6.63. The van der Waals surface area contributed by atoms with Gasteiger partial charge in [-0.05, 0) is 47.4 Å². The quantitative estimate of drug-likeness (QED) is 0.424. The monoisotopic (exact) mass is 390 g/mol. The number of benzene rings is 2. The number of nitrogens with two attached hydrogens (primary N) is 1. The molecule has 1 aromatic heterocycles. The number of nitrogens with one attached hydrogen (secondary N) is 2. The maximum absolute atomic E-state index is 12.1. The van der Waals surface area contributed by atoms with Crippen molar-refractivity contribution in [3.8, 4) is 0 Å². The van der Waals surface area contributed by atoms with Crippen LogP contribution in [0.1, 0.15) is 30.9 Å². The Morgan fingerprint density at radius 3 is 2.59 bits per heavy atom. The zero-order valence-corrected chi connectivity index (χ0v) is 16.7. The van der Waals surface area contributed by atoms with Gasteiger partial charge in [0.1, 0.15) is 6.54 Å². The molecule has 1 amide bonds. The Morgan fingerprint density at radius 2 is 1.86 bits per heavy atom. The zero-order chi connectivity index (χ0) is 20.6. The van der Waals surface area contributed by atoms with E-state index >= 15 is 0 Å². The second kappa shape index (κ2) is 9.54. The van der Waals surface area contributed by atoms with Crippen LogP contribution in [0.3, 0.4) is 0 Å². The van der Waals surface area contributed by atoms with Gasteiger partial charge in [0, 0.05) is 23.8 Å². The third kappa shape index (κ3) is 6.21. The van der Waals surface area contributed by atoms with Gasteiger partial charge in [0.25, 0.3) is 0 Å². The smallest absolute Gasteiger partial charge is 0.246 e. The lowest BCUT2D eigenvalue weighted by Crippen LogP contribution is -2.22. The van der Waals surface area contributed by atoms with Gasteiger partial charge in [0.2, 0.25) is 5.91 Å². The summed E-state index contributed by atoms with van der Waals surface area (Å²) in [7, 11) is 0. The van der Waals surface area contributed by atoms with Crippen LogP contribution in [0.2, 0.25) is 0 Å². The molecule has 0 saturated carbocycles. The van der Waals surface area contributed by atoms with Crippen LogP contribution in [0.25, 0.3) is 0 Å². The second-order valence-corrected chi connectivity index (χ2v) is 7.06. The molecule has 0 radical (unpaired) electrons. The largest absolute Gasteiger partial charge is 0.370 e. The van der Waals surface area contributed by atoms with Gasteiger partial charge in [-0.1, -0.05) is 38.1 Å². The molecular weight excluding hydrogens is 364 g/mol. The molecule has 0 saturated heterocycles. The van der Waals surface area contributed by atoms with E-state index in [1.165, 1.54) is 5.56 Å². The van der Waals surface area contributed by atoms with Crippen molar-refractivity contribution in [1.82, 2.24) is 9.78 Å². The molecule has 29 heavy (non-hydrogen) atoms. The Balaban J connectivity index is 1.58. The van der Waals surface area contributed by atoms with Crippen molar-refractivity contribution in [1.29, 1.82) is 0 Å². The highest BCUT2D eigenvalue weighted by molar-refractivity contribution is 5.92. The third-order valence-electron chi connectivity index (χ3n) is 4.33. The maximum Gasteiger partial charge on any atom is 0.246 e.